The highest BCUT2D eigenvalue weighted by Crippen LogP contribution is 2.31. The number of nitrogens with zero attached hydrogens (tertiary/aromatic N) is 1. The summed E-state index contributed by atoms with van der Waals surface area (Å²) in [4.78, 5) is 20.2. The Morgan fingerprint density at radius 1 is 1.57 bits per heavy atom. The Labute approximate surface area is 87.8 Å². The maximum absolute atomic E-state index is 10.5. The number of nitro benzene ring substituents is 1. The molecule has 5 nitrogen and oxygen atoms in total. The third kappa shape index (κ3) is 2.61. The van der Waals surface area contributed by atoms with Crippen LogP contribution in [0.15, 0.2) is 23.1 Å². The van der Waals surface area contributed by atoms with Gasteiger partial charge in [0, 0.05) is 11.1 Å². The zero-order chi connectivity index (χ0) is 10.7. The van der Waals surface area contributed by atoms with Gasteiger partial charge in [-0.2, -0.15) is 0 Å². The molecule has 0 fully saturated rings. The van der Waals surface area contributed by atoms with Crippen molar-refractivity contribution >= 4 is 34.4 Å². The molecule has 7 heteroatoms. The molecular formula is C7H4ClNO4S. The molecule has 0 heterocycles. The van der Waals surface area contributed by atoms with Gasteiger partial charge in [0.2, 0.25) is 0 Å². The van der Waals surface area contributed by atoms with E-state index in [9.17, 15) is 14.9 Å². The molecule has 1 N–H and O–H groups in total. The zero-order valence-electron chi connectivity index (χ0n) is 6.64. The molecule has 1 rings (SSSR count). The molecule has 0 saturated heterocycles. The van der Waals surface area contributed by atoms with E-state index >= 15 is 0 Å². The molecule has 0 saturated carbocycles. The van der Waals surface area contributed by atoms with Gasteiger partial charge in [-0.05, 0) is 23.9 Å². The minimum Gasteiger partial charge on any atom is -0.473 e. The van der Waals surface area contributed by atoms with Crippen molar-refractivity contribution in [3.05, 3.63) is 33.3 Å². The second kappa shape index (κ2) is 4.30. The van der Waals surface area contributed by atoms with Gasteiger partial charge >= 0.3 is 5.30 Å². The van der Waals surface area contributed by atoms with Crippen LogP contribution in [-0.2, 0) is 0 Å². The fourth-order valence-electron chi connectivity index (χ4n) is 0.814. The van der Waals surface area contributed by atoms with E-state index in [1.807, 2.05) is 0 Å². The maximum atomic E-state index is 10.5. The normalized spacial score (nSPS) is 9.79. The first kappa shape index (κ1) is 10.8. The Kier molecular flexibility index (Phi) is 3.32. The summed E-state index contributed by atoms with van der Waals surface area (Å²) in [6.07, 6.45) is 0. The molecule has 14 heavy (non-hydrogen) atoms. The van der Waals surface area contributed by atoms with Crippen LogP contribution in [0.2, 0.25) is 5.02 Å². The lowest BCUT2D eigenvalue weighted by atomic mass is 10.3. The first-order valence-corrected chi connectivity index (χ1v) is 4.55. The third-order valence-electron chi connectivity index (χ3n) is 1.31. The zero-order valence-corrected chi connectivity index (χ0v) is 8.21. The number of carboxylic acid groups (broad SMARTS) is 1. The Morgan fingerprint density at radius 3 is 2.71 bits per heavy atom. The van der Waals surface area contributed by atoms with Crippen molar-refractivity contribution in [2.75, 3.05) is 0 Å². The van der Waals surface area contributed by atoms with E-state index in [4.69, 9.17) is 16.7 Å². The Bertz CT molecular complexity index is 395. The Balaban J connectivity index is 3.14. The fraction of sp³-hybridized carbons (Fsp3) is 0. The second-order valence-corrected chi connectivity index (χ2v) is 3.67. The second-order valence-electron chi connectivity index (χ2n) is 2.24. The highest BCUT2D eigenvalue weighted by Gasteiger charge is 2.17. The molecular weight excluding hydrogens is 230 g/mol. The van der Waals surface area contributed by atoms with Crippen LogP contribution in [0.1, 0.15) is 0 Å². The highest BCUT2D eigenvalue weighted by atomic mass is 35.5. The molecule has 0 unspecified atom stereocenters. The number of hydrogen-bond donors (Lipinski definition) is 1. The number of hydrogen-bond acceptors (Lipinski definition) is 4. The average molecular weight is 234 g/mol. The Hall–Kier alpha value is -1.27. The molecule has 0 aliphatic heterocycles. The van der Waals surface area contributed by atoms with E-state index in [2.05, 4.69) is 0 Å². The number of carbonyl (C=O) groups is 1. The monoisotopic (exact) mass is 233 g/mol. The SMILES string of the molecule is O=C(O)Sc1ccc(Cl)cc1[N+](=O)[O-]. The van der Waals surface area contributed by atoms with Crippen LogP contribution in [0.3, 0.4) is 0 Å². The molecule has 0 aliphatic rings. The van der Waals surface area contributed by atoms with Gasteiger partial charge in [0.05, 0.1) is 9.82 Å². The molecule has 0 radical (unpaired) electrons. The summed E-state index contributed by atoms with van der Waals surface area (Å²) in [5, 5.41) is 17.9. The molecule has 0 aromatic heterocycles. The summed E-state index contributed by atoms with van der Waals surface area (Å²) in [6.45, 7) is 0. The molecule has 1 aromatic rings. The fourth-order valence-corrected chi connectivity index (χ4v) is 1.54. The number of benzene rings is 1. The molecule has 0 amide bonds. The van der Waals surface area contributed by atoms with Crippen LogP contribution in [-0.4, -0.2) is 15.3 Å². The standard InChI is InChI=1S/C7H4ClNO4S/c8-4-1-2-6(14-7(10)11)5(3-4)9(12)13/h1-3H,(H,10,11). The number of rotatable bonds is 2. The summed E-state index contributed by atoms with van der Waals surface area (Å²) < 4.78 is 0. The summed E-state index contributed by atoms with van der Waals surface area (Å²) in [6, 6.07) is 3.83. The van der Waals surface area contributed by atoms with Crippen LogP contribution in [0.4, 0.5) is 10.5 Å². The molecule has 0 spiro atoms. The maximum Gasteiger partial charge on any atom is 0.369 e. The van der Waals surface area contributed by atoms with Gasteiger partial charge < -0.3 is 5.11 Å². The van der Waals surface area contributed by atoms with Gasteiger partial charge in [-0.3, -0.25) is 10.1 Å². The van der Waals surface area contributed by atoms with Crippen LogP contribution in [0.5, 0.6) is 0 Å². The number of halogens is 1. The first-order chi connectivity index (χ1) is 6.50. The molecule has 74 valence electrons. The molecule has 0 aliphatic carbocycles. The van der Waals surface area contributed by atoms with E-state index < -0.39 is 10.2 Å². The summed E-state index contributed by atoms with van der Waals surface area (Å²) in [5.41, 5.74) is -0.301. The summed E-state index contributed by atoms with van der Waals surface area (Å²) in [5.74, 6) is 0. The number of thioether (sulfide) groups is 1. The van der Waals surface area contributed by atoms with Crippen molar-refractivity contribution < 1.29 is 14.8 Å². The van der Waals surface area contributed by atoms with Crippen molar-refractivity contribution in [2.24, 2.45) is 0 Å². The van der Waals surface area contributed by atoms with Crippen LogP contribution < -0.4 is 0 Å². The minimum atomic E-state index is -1.20. The first-order valence-electron chi connectivity index (χ1n) is 3.35. The predicted molar refractivity (Wildman–Crippen MR) is 52.0 cm³/mol. The Morgan fingerprint density at radius 2 is 2.21 bits per heavy atom. The predicted octanol–water partition coefficient (Wildman–Crippen LogP) is 3.02. The lowest BCUT2D eigenvalue weighted by Crippen LogP contribution is -1.92. The smallest absolute Gasteiger partial charge is 0.369 e. The van der Waals surface area contributed by atoms with Gasteiger partial charge in [0.25, 0.3) is 5.69 Å². The average Bonchev–Trinajstić information content (AvgIpc) is 2.07. The van der Waals surface area contributed by atoms with E-state index in [0.717, 1.165) is 6.07 Å². The van der Waals surface area contributed by atoms with Crippen molar-refractivity contribution in [1.29, 1.82) is 0 Å². The van der Waals surface area contributed by atoms with Crippen molar-refractivity contribution in [2.45, 2.75) is 4.90 Å². The van der Waals surface area contributed by atoms with Crippen molar-refractivity contribution in [1.82, 2.24) is 0 Å². The van der Waals surface area contributed by atoms with Gasteiger partial charge in [-0.15, -0.1) is 0 Å². The molecule has 1 aromatic carbocycles. The van der Waals surface area contributed by atoms with E-state index in [1.165, 1.54) is 12.1 Å². The largest absolute Gasteiger partial charge is 0.473 e. The van der Waals surface area contributed by atoms with Crippen molar-refractivity contribution in [3.8, 4) is 0 Å². The minimum absolute atomic E-state index is 0.0619. The lowest BCUT2D eigenvalue weighted by molar-refractivity contribution is -0.387. The summed E-state index contributed by atoms with van der Waals surface area (Å²) >= 11 is 5.91. The summed E-state index contributed by atoms with van der Waals surface area (Å²) in [7, 11) is 0. The van der Waals surface area contributed by atoms with Gasteiger partial charge in [-0.25, -0.2) is 4.79 Å². The number of nitro groups is 1. The topological polar surface area (TPSA) is 80.4 Å². The van der Waals surface area contributed by atoms with Gasteiger partial charge in [0.1, 0.15) is 0 Å². The van der Waals surface area contributed by atoms with Gasteiger partial charge in [0.15, 0.2) is 0 Å². The highest BCUT2D eigenvalue weighted by molar-refractivity contribution is 8.13. The van der Waals surface area contributed by atoms with Crippen LogP contribution in [0, 0.1) is 10.1 Å². The van der Waals surface area contributed by atoms with E-state index in [0.29, 0.717) is 11.8 Å². The van der Waals surface area contributed by atoms with Crippen LogP contribution >= 0.6 is 23.4 Å². The van der Waals surface area contributed by atoms with E-state index in [1.54, 1.807) is 0 Å². The third-order valence-corrected chi connectivity index (χ3v) is 2.29. The quantitative estimate of drug-likeness (QED) is 0.482. The van der Waals surface area contributed by atoms with Crippen LogP contribution in [0.25, 0.3) is 0 Å². The molecule has 0 atom stereocenters. The van der Waals surface area contributed by atoms with Gasteiger partial charge in [-0.1, -0.05) is 11.6 Å². The molecule has 0 bridgehead atoms. The lowest BCUT2D eigenvalue weighted by Gasteiger charge is -1.98. The van der Waals surface area contributed by atoms with E-state index in [-0.39, 0.29) is 15.6 Å². The van der Waals surface area contributed by atoms with Crippen molar-refractivity contribution in [3.63, 3.8) is 0 Å².